The molecule has 0 bridgehead atoms. The fourth-order valence-electron chi connectivity index (χ4n) is 2.56. The van der Waals surface area contributed by atoms with Gasteiger partial charge in [-0.2, -0.15) is 5.10 Å². The second kappa shape index (κ2) is 7.57. The van der Waals surface area contributed by atoms with Crippen molar-refractivity contribution in [2.75, 3.05) is 14.2 Å². The molecule has 1 rings (SSSR count). The molecule has 1 aromatic rings. The summed E-state index contributed by atoms with van der Waals surface area (Å²) in [6.07, 6.45) is 2.81. The Balaban J connectivity index is 3.09. The second-order valence-electron chi connectivity index (χ2n) is 5.29. The van der Waals surface area contributed by atoms with E-state index in [4.69, 9.17) is 4.74 Å². The molecule has 4 nitrogen and oxygen atoms in total. The minimum atomic E-state index is -0.177. The highest BCUT2D eigenvalue weighted by Gasteiger charge is 2.33. The lowest BCUT2D eigenvalue weighted by atomic mass is 9.89. The Morgan fingerprint density at radius 3 is 2.45 bits per heavy atom. The third kappa shape index (κ3) is 3.43. The van der Waals surface area contributed by atoms with Crippen molar-refractivity contribution < 1.29 is 4.74 Å². The first-order valence-corrected chi connectivity index (χ1v) is 8.23. The van der Waals surface area contributed by atoms with Crippen LogP contribution in [0.1, 0.15) is 45.5 Å². The number of rotatable bonds is 8. The first-order chi connectivity index (χ1) is 9.47. The Labute approximate surface area is 131 Å². The van der Waals surface area contributed by atoms with E-state index in [1.165, 1.54) is 5.69 Å². The van der Waals surface area contributed by atoms with Gasteiger partial charge < -0.3 is 10.1 Å². The van der Waals surface area contributed by atoms with E-state index in [0.29, 0.717) is 0 Å². The van der Waals surface area contributed by atoms with Crippen molar-refractivity contribution in [2.45, 2.75) is 65.1 Å². The molecule has 2 atom stereocenters. The molecule has 0 aliphatic heterocycles. The molecule has 1 N–H and O–H groups in total. The number of likely N-dealkylation sites (N-methyl/N-ethyl adjacent to an activating group) is 1. The van der Waals surface area contributed by atoms with E-state index in [-0.39, 0.29) is 11.6 Å². The van der Waals surface area contributed by atoms with Crippen LogP contribution in [0.3, 0.4) is 0 Å². The van der Waals surface area contributed by atoms with Gasteiger partial charge in [0.15, 0.2) is 0 Å². The average Bonchev–Trinajstić information content (AvgIpc) is 2.79. The Bertz CT molecular complexity index is 427. The lowest BCUT2D eigenvalue weighted by Crippen LogP contribution is -2.50. The largest absolute Gasteiger partial charge is 0.377 e. The lowest BCUT2D eigenvalue weighted by molar-refractivity contribution is -0.0273. The number of methoxy groups -OCH3 is 1. The number of aromatic nitrogens is 2. The minimum Gasteiger partial charge on any atom is -0.377 e. The minimum absolute atomic E-state index is 0.177. The van der Waals surface area contributed by atoms with Crippen LogP contribution in [0.15, 0.2) is 4.47 Å². The van der Waals surface area contributed by atoms with Crippen LogP contribution in [-0.4, -0.2) is 35.6 Å². The van der Waals surface area contributed by atoms with Crippen LogP contribution >= 0.6 is 15.9 Å². The van der Waals surface area contributed by atoms with Crippen molar-refractivity contribution in [2.24, 2.45) is 0 Å². The molecular weight excluding hydrogens is 318 g/mol. The first kappa shape index (κ1) is 17.7. The summed E-state index contributed by atoms with van der Waals surface area (Å²) >= 11 is 3.72. The van der Waals surface area contributed by atoms with Gasteiger partial charge in [-0.1, -0.05) is 13.8 Å². The Kier molecular flexibility index (Phi) is 6.69. The van der Waals surface area contributed by atoms with Gasteiger partial charge in [0, 0.05) is 26.1 Å². The molecule has 0 saturated heterocycles. The van der Waals surface area contributed by atoms with E-state index in [1.807, 2.05) is 7.05 Å². The molecule has 0 radical (unpaired) electrons. The van der Waals surface area contributed by atoms with E-state index in [2.05, 4.69) is 58.7 Å². The summed E-state index contributed by atoms with van der Waals surface area (Å²) in [6, 6.07) is 0.250. The Morgan fingerprint density at radius 1 is 1.40 bits per heavy atom. The second-order valence-corrected chi connectivity index (χ2v) is 6.09. The van der Waals surface area contributed by atoms with Crippen molar-refractivity contribution in [1.82, 2.24) is 15.1 Å². The van der Waals surface area contributed by atoms with E-state index < -0.39 is 0 Å². The maximum Gasteiger partial charge on any atom is 0.0804 e. The van der Waals surface area contributed by atoms with E-state index in [1.54, 1.807) is 7.11 Å². The summed E-state index contributed by atoms with van der Waals surface area (Å²) in [5.74, 6) is 0. The lowest BCUT2D eigenvalue weighted by Gasteiger charge is -2.35. The van der Waals surface area contributed by atoms with E-state index in [0.717, 1.165) is 36.0 Å². The molecule has 2 unspecified atom stereocenters. The average molecular weight is 346 g/mol. The SMILES string of the molecule is CCc1nn(CC)c(CC(NC)C(C)(CC)OC)c1Br. The Hall–Kier alpha value is -0.390. The summed E-state index contributed by atoms with van der Waals surface area (Å²) in [7, 11) is 3.79. The Morgan fingerprint density at radius 2 is 2.05 bits per heavy atom. The molecular formula is C15H28BrN3O. The van der Waals surface area contributed by atoms with Crippen molar-refractivity contribution in [3.63, 3.8) is 0 Å². The maximum atomic E-state index is 5.75. The molecule has 20 heavy (non-hydrogen) atoms. The maximum absolute atomic E-state index is 5.75. The van der Waals surface area contributed by atoms with Crippen LogP contribution in [-0.2, 0) is 24.1 Å². The zero-order valence-corrected chi connectivity index (χ0v) is 15.2. The summed E-state index contributed by atoms with van der Waals surface area (Å²) in [4.78, 5) is 0. The van der Waals surface area contributed by atoms with Crippen LogP contribution in [0.5, 0.6) is 0 Å². The molecule has 0 spiro atoms. The van der Waals surface area contributed by atoms with Gasteiger partial charge in [-0.15, -0.1) is 0 Å². The van der Waals surface area contributed by atoms with Gasteiger partial charge in [0.05, 0.1) is 21.5 Å². The molecule has 1 heterocycles. The highest BCUT2D eigenvalue weighted by molar-refractivity contribution is 9.10. The molecule has 0 fully saturated rings. The standard InChI is InChI=1S/C15H28BrN3O/c1-7-11-14(16)12(19(9-3)18-11)10-13(17-5)15(4,8-2)20-6/h13,17H,7-10H2,1-6H3. The highest BCUT2D eigenvalue weighted by atomic mass is 79.9. The fourth-order valence-corrected chi connectivity index (χ4v) is 3.29. The smallest absolute Gasteiger partial charge is 0.0804 e. The fraction of sp³-hybridized carbons (Fsp3) is 0.800. The van der Waals surface area contributed by atoms with E-state index in [9.17, 15) is 0 Å². The third-order valence-electron chi connectivity index (χ3n) is 4.35. The normalized spacial score (nSPS) is 16.1. The molecule has 5 heteroatoms. The molecule has 116 valence electrons. The number of nitrogens with one attached hydrogen (secondary N) is 1. The van der Waals surface area contributed by atoms with Gasteiger partial charge in [0.1, 0.15) is 0 Å². The molecule has 1 aromatic heterocycles. The zero-order valence-electron chi connectivity index (χ0n) is 13.6. The van der Waals surface area contributed by atoms with Gasteiger partial charge in [0.25, 0.3) is 0 Å². The summed E-state index contributed by atoms with van der Waals surface area (Å²) < 4.78 is 9.00. The van der Waals surface area contributed by atoms with Gasteiger partial charge in [-0.3, -0.25) is 4.68 Å². The van der Waals surface area contributed by atoms with Crippen LogP contribution in [0.25, 0.3) is 0 Å². The molecule has 0 amide bonds. The van der Waals surface area contributed by atoms with Gasteiger partial charge >= 0.3 is 0 Å². The van der Waals surface area contributed by atoms with Crippen molar-refractivity contribution in [3.05, 3.63) is 15.9 Å². The van der Waals surface area contributed by atoms with Gasteiger partial charge in [0.2, 0.25) is 0 Å². The number of nitrogens with zero attached hydrogens (tertiary/aromatic N) is 2. The summed E-state index contributed by atoms with van der Waals surface area (Å²) in [6.45, 7) is 9.48. The number of halogens is 1. The molecule has 0 saturated carbocycles. The van der Waals surface area contributed by atoms with Gasteiger partial charge in [-0.05, 0) is 49.7 Å². The van der Waals surface area contributed by atoms with Crippen molar-refractivity contribution >= 4 is 15.9 Å². The number of aryl methyl sites for hydroxylation is 2. The van der Waals surface area contributed by atoms with E-state index >= 15 is 0 Å². The van der Waals surface area contributed by atoms with Crippen LogP contribution in [0.2, 0.25) is 0 Å². The predicted molar refractivity (Wildman–Crippen MR) is 87.2 cm³/mol. The van der Waals surface area contributed by atoms with Crippen molar-refractivity contribution in [3.8, 4) is 0 Å². The number of ether oxygens (including phenoxy) is 1. The van der Waals surface area contributed by atoms with Crippen LogP contribution in [0, 0.1) is 0 Å². The predicted octanol–water partition coefficient (Wildman–Crippen LogP) is 3.17. The quantitative estimate of drug-likeness (QED) is 0.786. The third-order valence-corrected chi connectivity index (χ3v) is 5.26. The first-order valence-electron chi connectivity index (χ1n) is 7.43. The highest BCUT2D eigenvalue weighted by Crippen LogP contribution is 2.28. The zero-order chi connectivity index (χ0) is 15.3. The number of hydrogen-bond donors (Lipinski definition) is 1. The summed E-state index contributed by atoms with van der Waals surface area (Å²) in [5.41, 5.74) is 2.20. The van der Waals surface area contributed by atoms with Crippen LogP contribution < -0.4 is 5.32 Å². The van der Waals surface area contributed by atoms with Crippen molar-refractivity contribution in [1.29, 1.82) is 0 Å². The van der Waals surface area contributed by atoms with Crippen LogP contribution in [0.4, 0.5) is 0 Å². The molecule has 0 aromatic carbocycles. The van der Waals surface area contributed by atoms with Gasteiger partial charge in [-0.25, -0.2) is 0 Å². The molecule has 0 aliphatic carbocycles. The number of hydrogen-bond acceptors (Lipinski definition) is 3. The topological polar surface area (TPSA) is 39.1 Å². The molecule has 0 aliphatic rings. The monoisotopic (exact) mass is 345 g/mol. The summed E-state index contributed by atoms with van der Waals surface area (Å²) in [5, 5.41) is 8.08.